The molecule has 0 bridgehead atoms. The van der Waals surface area contributed by atoms with Crippen molar-refractivity contribution < 1.29 is 13.9 Å². The molecule has 108 valence electrons. The van der Waals surface area contributed by atoms with E-state index >= 15 is 0 Å². The number of halogens is 2. The van der Waals surface area contributed by atoms with Crippen LogP contribution in [0.3, 0.4) is 0 Å². The van der Waals surface area contributed by atoms with E-state index in [-0.39, 0.29) is 23.5 Å². The van der Waals surface area contributed by atoms with Gasteiger partial charge in [-0.1, -0.05) is 15.9 Å². The summed E-state index contributed by atoms with van der Waals surface area (Å²) < 4.78 is 26.0. The van der Waals surface area contributed by atoms with Gasteiger partial charge in [0.2, 0.25) is 0 Å². The lowest BCUT2D eigenvalue weighted by Crippen LogP contribution is -2.46. The van der Waals surface area contributed by atoms with E-state index in [1.807, 2.05) is 0 Å². The first-order valence-electron chi connectivity index (χ1n) is 6.63. The average molecular weight is 343 g/mol. The maximum absolute atomic E-state index is 14.0. The predicted octanol–water partition coefficient (Wildman–Crippen LogP) is 2.91. The summed E-state index contributed by atoms with van der Waals surface area (Å²) in [6.45, 7) is 1.28. The van der Waals surface area contributed by atoms with Gasteiger partial charge in [-0.25, -0.2) is 9.38 Å². The molecule has 0 radical (unpaired) electrons. The molecule has 0 aromatic heterocycles. The fourth-order valence-corrected chi connectivity index (χ4v) is 3.22. The lowest BCUT2D eigenvalue weighted by atomic mass is 9.84. The van der Waals surface area contributed by atoms with E-state index in [1.54, 1.807) is 12.1 Å². The van der Waals surface area contributed by atoms with Crippen molar-refractivity contribution in [1.82, 2.24) is 0 Å². The molecule has 0 saturated carbocycles. The molecule has 6 heteroatoms. The Kier molecular flexibility index (Phi) is 3.69. The van der Waals surface area contributed by atoms with Gasteiger partial charge >= 0.3 is 0 Å². The third kappa shape index (κ3) is 2.67. The molecular weight excluding hydrogens is 327 g/mol. The van der Waals surface area contributed by atoms with Gasteiger partial charge in [0, 0.05) is 29.3 Å². The summed E-state index contributed by atoms with van der Waals surface area (Å²) in [4.78, 5) is 4.27. The van der Waals surface area contributed by atoms with E-state index in [1.165, 1.54) is 6.07 Å². The van der Waals surface area contributed by atoms with Crippen LogP contribution in [0.25, 0.3) is 0 Å². The molecule has 1 fully saturated rings. The van der Waals surface area contributed by atoms with Gasteiger partial charge in [-0.3, -0.25) is 0 Å². The van der Waals surface area contributed by atoms with Crippen LogP contribution < -0.4 is 5.73 Å². The molecule has 1 spiro atoms. The quantitative estimate of drug-likeness (QED) is 0.853. The molecule has 2 N–H and O–H groups in total. The van der Waals surface area contributed by atoms with Crippen LogP contribution >= 0.6 is 15.9 Å². The normalized spacial score (nSPS) is 25.1. The first kappa shape index (κ1) is 13.8. The summed E-state index contributed by atoms with van der Waals surface area (Å²) in [5.41, 5.74) is 5.99. The number of amidine groups is 1. The topological polar surface area (TPSA) is 56.8 Å². The van der Waals surface area contributed by atoms with Gasteiger partial charge in [0.15, 0.2) is 0 Å². The molecule has 2 heterocycles. The Morgan fingerprint density at radius 1 is 1.35 bits per heavy atom. The maximum Gasteiger partial charge on any atom is 0.283 e. The Bertz CT molecular complexity index is 544. The van der Waals surface area contributed by atoms with Gasteiger partial charge in [0.1, 0.15) is 11.4 Å². The third-order valence-corrected chi connectivity index (χ3v) is 4.38. The number of rotatable bonds is 1. The highest BCUT2D eigenvalue weighted by Crippen LogP contribution is 2.40. The number of ether oxygens (including phenoxy) is 2. The number of hydrogen-bond donors (Lipinski definition) is 1. The fraction of sp³-hybridized carbons (Fsp3) is 0.500. The zero-order chi connectivity index (χ0) is 14.2. The van der Waals surface area contributed by atoms with Crippen molar-refractivity contribution in [2.45, 2.75) is 30.9 Å². The Balaban J connectivity index is 1.93. The highest BCUT2D eigenvalue weighted by molar-refractivity contribution is 9.10. The van der Waals surface area contributed by atoms with E-state index < -0.39 is 0 Å². The molecule has 0 amide bonds. The Labute approximate surface area is 125 Å². The molecular formula is C14H16BrFN2O2. The molecule has 1 aromatic rings. The molecule has 2 aliphatic rings. The lowest BCUT2D eigenvalue weighted by Gasteiger charge is -2.41. The van der Waals surface area contributed by atoms with E-state index in [4.69, 9.17) is 15.2 Å². The van der Waals surface area contributed by atoms with Crippen LogP contribution in [0.5, 0.6) is 0 Å². The summed E-state index contributed by atoms with van der Waals surface area (Å²) in [5, 5.41) is 0. The second kappa shape index (κ2) is 5.33. The zero-order valence-corrected chi connectivity index (χ0v) is 12.5. The summed E-state index contributed by atoms with van der Waals surface area (Å²) >= 11 is 3.37. The number of hydrogen-bond acceptors (Lipinski definition) is 4. The smallest absolute Gasteiger partial charge is 0.283 e. The zero-order valence-electron chi connectivity index (χ0n) is 10.9. The monoisotopic (exact) mass is 342 g/mol. The summed E-state index contributed by atoms with van der Waals surface area (Å²) in [7, 11) is 0. The third-order valence-electron chi connectivity index (χ3n) is 3.89. The highest BCUT2D eigenvalue weighted by atomic mass is 79.9. The van der Waals surface area contributed by atoms with Gasteiger partial charge in [-0.05, 0) is 18.2 Å². The molecule has 1 saturated heterocycles. The minimum Gasteiger partial charge on any atom is -0.459 e. The van der Waals surface area contributed by atoms with Crippen LogP contribution in [0.4, 0.5) is 4.39 Å². The maximum atomic E-state index is 14.0. The number of benzene rings is 1. The average Bonchev–Trinajstić information content (AvgIpc) is 2.41. The molecule has 20 heavy (non-hydrogen) atoms. The van der Waals surface area contributed by atoms with Gasteiger partial charge in [-0.15, -0.1) is 0 Å². The molecule has 2 aliphatic heterocycles. The standard InChI is InChI=1S/C14H16BrFN2O2/c15-9-1-2-11(16)10(7-9)12-8-14(20-13(17)18-12)3-5-19-6-4-14/h1-2,7,12H,3-6,8H2,(H2,17,18). The number of aliphatic imine (C=N–C) groups is 1. The van der Waals surface area contributed by atoms with Crippen molar-refractivity contribution in [3.8, 4) is 0 Å². The molecule has 3 rings (SSSR count). The van der Waals surface area contributed by atoms with E-state index in [0.29, 0.717) is 25.2 Å². The van der Waals surface area contributed by atoms with Crippen molar-refractivity contribution >= 4 is 22.0 Å². The highest BCUT2D eigenvalue weighted by Gasteiger charge is 2.41. The van der Waals surface area contributed by atoms with Gasteiger partial charge < -0.3 is 15.2 Å². The van der Waals surface area contributed by atoms with Gasteiger partial charge in [-0.2, -0.15) is 0 Å². The fourth-order valence-electron chi connectivity index (χ4n) is 2.84. The van der Waals surface area contributed by atoms with E-state index in [2.05, 4.69) is 20.9 Å². The van der Waals surface area contributed by atoms with Crippen molar-refractivity contribution in [2.24, 2.45) is 10.7 Å². The van der Waals surface area contributed by atoms with Crippen LogP contribution in [0.1, 0.15) is 30.9 Å². The van der Waals surface area contributed by atoms with Crippen LogP contribution in [0.15, 0.2) is 27.7 Å². The second-order valence-corrected chi connectivity index (χ2v) is 6.17. The van der Waals surface area contributed by atoms with Crippen molar-refractivity contribution in [2.75, 3.05) is 13.2 Å². The van der Waals surface area contributed by atoms with E-state index in [9.17, 15) is 4.39 Å². The summed E-state index contributed by atoms with van der Waals surface area (Å²) in [6.07, 6.45) is 2.15. The van der Waals surface area contributed by atoms with Crippen LogP contribution in [0.2, 0.25) is 0 Å². The number of nitrogens with zero attached hydrogens (tertiary/aromatic N) is 1. The van der Waals surface area contributed by atoms with E-state index in [0.717, 1.165) is 17.3 Å². The minimum absolute atomic E-state index is 0.141. The lowest BCUT2D eigenvalue weighted by molar-refractivity contribution is -0.0700. The predicted molar refractivity (Wildman–Crippen MR) is 76.9 cm³/mol. The number of nitrogens with two attached hydrogens (primary N) is 1. The molecule has 0 aliphatic carbocycles. The molecule has 4 nitrogen and oxygen atoms in total. The van der Waals surface area contributed by atoms with Crippen LogP contribution in [-0.4, -0.2) is 24.8 Å². The molecule has 1 atom stereocenters. The van der Waals surface area contributed by atoms with Crippen LogP contribution in [-0.2, 0) is 9.47 Å². The Hall–Kier alpha value is -1.14. The first-order chi connectivity index (χ1) is 9.58. The van der Waals surface area contributed by atoms with Gasteiger partial charge in [0.05, 0.1) is 19.3 Å². The summed E-state index contributed by atoms with van der Waals surface area (Å²) in [6, 6.07) is 4.71. The largest absolute Gasteiger partial charge is 0.459 e. The Morgan fingerprint density at radius 3 is 2.85 bits per heavy atom. The van der Waals surface area contributed by atoms with Gasteiger partial charge in [0.25, 0.3) is 6.02 Å². The molecule has 1 aromatic carbocycles. The Morgan fingerprint density at radius 2 is 2.10 bits per heavy atom. The van der Waals surface area contributed by atoms with Crippen molar-refractivity contribution in [3.63, 3.8) is 0 Å². The minimum atomic E-state index is -0.372. The second-order valence-electron chi connectivity index (χ2n) is 5.25. The van der Waals surface area contributed by atoms with Crippen molar-refractivity contribution in [3.05, 3.63) is 34.1 Å². The van der Waals surface area contributed by atoms with Crippen molar-refractivity contribution in [1.29, 1.82) is 0 Å². The summed E-state index contributed by atoms with van der Waals surface area (Å²) in [5.74, 6) is -0.265. The first-order valence-corrected chi connectivity index (χ1v) is 7.42. The SMILES string of the molecule is NC1=NC(c2cc(Br)ccc2F)CC2(CCOCC2)O1. The van der Waals surface area contributed by atoms with Crippen LogP contribution in [0, 0.1) is 5.82 Å². The molecule has 1 unspecified atom stereocenters.